The molecule has 0 radical (unpaired) electrons. The van der Waals surface area contributed by atoms with E-state index in [-0.39, 0.29) is 11.7 Å². The van der Waals surface area contributed by atoms with E-state index < -0.39 is 10.0 Å². The lowest BCUT2D eigenvalue weighted by Crippen LogP contribution is -2.35. The number of fused-ring (bicyclic) bond motifs is 1. The fourth-order valence-corrected chi connectivity index (χ4v) is 4.71. The van der Waals surface area contributed by atoms with Crippen LogP contribution in [0.3, 0.4) is 0 Å². The van der Waals surface area contributed by atoms with Crippen molar-refractivity contribution in [1.82, 2.24) is 4.98 Å². The standard InChI is InChI=1S/C23H23N3O3S/c27-23(20-8-4-13-24-17-20)26-14-5-9-19-10-11-21(16-22(19)26)25-30(28,29)15-12-18-6-2-1-3-7-18/h1-4,6-8,10-11,13,16-17,25H,5,9,12,14-15H2. The highest BCUT2D eigenvalue weighted by atomic mass is 32.2. The summed E-state index contributed by atoms with van der Waals surface area (Å²) in [6.07, 6.45) is 5.33. The van der Waals surface area contributed by atoms with Crippen LogP contribution in [0.25, 0.3) is 0 Å². The van der Waals surface area contributed by atoms with E-state index in [1.54, 1.807) is 41.6 Å². The number of hydrogen-bond acceptors (Lipinski definition) is 4. The van der Waals surface area contributed by atoms with Crippen molar-refractivity contribution < 1.29 is 13.2 Å². The first-order valence-corrected chi connectivity index (χ1v) is 11.6. The van der Waals surface area contributed by atoms with Crippen molar-refractivity contribution in [3.63, 3.8) is 0 Å². The highest BCUT2D eigenvalue weighted by molar-refractivity contribution is 7.92. The Morgan fingerprint density at radius 3 is 2.67 bits per heavy atom. The van der Waals surface area contributed by atoms with Crippen molar-refractivity contribution in [3.05, 3.63) is 89.7 Å². The summed E-state index contributed by atoms with van der Waals surface area (Å²) in [5.74, 6) is -0.139. The molecule has 2 aromatic carbocycles. The molecule has 0 atom stereocenters. The number of hydrogen-bond donors (Lipinski definition) is 1. The van der Waals surface area contributed by atoms with Crippen LogP contribution in [0.15, 0.2) is 73.1 Å². The van der Waals surface area contributed by atoms with Crippen LogP contribution in [0.5, 0.6) is 0 Å². The number of carbonyl (C=O) groups is 1. The summed E-state index contributed by atoms with van der Waals surface area (Å²) in [5.41, 5.74) is 3.73. The lowest BCUT2D eigenvalue weighted by molar-refractivity contribution is 0.0985. The summed E-state index contributed by atoms with van der Waals surface area (Å²) in [5, 5.41) is 0. The molecule has 2 heterocycles. The maximum atomic E-state index is 13.0. The second kappa shape index (κ2) is 8.67. The number of nitrogens with zero attached hydrogens (tertiary/aromatic N) is 2. The number of anilines is 2. The zero-order valence-corrected chi connectivity index (χ0v) is 17.3. The molecule has 3 aromatic rings. The minimum absolute atomic E-state index is 0.00751. The molecule has 0 bridgehead atoms. The molecular weight excluding hydrogens is 398 g/mol. The van der Waals surface area contributed by atoms with Crippen LogP contribution in [0.4, 0.5) is 11.4 Å². The van der Waals surface area contributed by atoms with E-state index in [4.69, 9.17) is 0 Å². The van der Waals surface area contributed by atoms with Gasteiger partial charge in [0.2, 0.25) is 10.0 Å². The largest absolute Gasteiger partial charge is 0.308 e. The lowest BCUT2D eigenvalue weighted by Gasteiger charge is -2.30. The fourth-order valence-electron chi connectivity index (χ4n) is 3.62. The van der Waals surface area contributed by atoms with E-state index in [9.17, 15) is 13.2 Å². The van der Waals surface area contributed by atoms with E-state index >= 15 is 0 Å². The summed E-state index contributed by atoms with van der Waals surface area (Å²) < 4.78 is 27.8. The molecule has 0 aliphatic carbocycles. The third kappa shape index (κ3) is 4.68. The van der Waals surface area contributed by atoms with Gasteiger partial charge in [-0.25, -0.2) is 8.42 Å². The van der Waals surface area contributed by atoms with Crippen molar-refractivity contribution in [2.45, 2.75) is 19.3 Å². The molecule has 0 spiro atoms. The number of nitrogens with one attached hydrogen (secondary N) is 1. The third-order valence-corrected chi connectivity index (χ3v) is 6.42. The zero-order valence-electron chi connectivity index (χ0n) is 16.5. The van der Waals surface area contributed by atoms with Crippen LogP contribution in [0.1, 0.15) is 27.9 Å². The van der Waals surface area contributed by atoms with E-state index in [0.717, 1.165) is 29.7 Å². The summed E-state index contributed by atoms with van der Waals surface area (Å²) in [6, 6.07) is 18.4. The molecule has 1 N–H and O–H groups in total. The van der Waals surface area contributed by atoms with Gasteiger partial charge in [-0.2, -0.15) is 0 Å². The minimum Gasteiger partial charge on any atom is -0.308 e. The van der Waals surface area contributed by atoms with Crippen LogP contribution in [0.2, 0.25) is 0 Å². The molecule has 6 nitrogen and oxygen atoms in total. The minimum atomic E-state index is -3.51. The Labute approximate surface area is 176 Å². The van der Waals surface area contributed by atoms with E-state index in [0.29, 0.717) is 24.2 Å². The number of aromatic nitrogens is 1. The molecule has 1 aromatic heterocycles. The molecule has 0 saturated carbocycles. The number of carbonyl (C=O) groups excluding carboxylic acids is 1. The Balaban J connectivity index is 1.53. The molecule has 0 fully saturated rings. The normalized spacial score (nSPS) is 13.5. The molecule has 0 saturated heterocycles. The van der Waals surface area contributed by atoms with Gasteiger partial charge < -0.3 is 4.90 Å². The Morgan fingerprint density at radius 1 is 1.07 bits per heavy atom. The van der Waals surface area contributed by atoms with Crippen LogP contribution in [-0.2, 0) is 22.9 Å². The van der Waals surface area contributed by atoms with Gasteiger partial charge in [0, 0.05) is 24.6 Å². The highest BCUT2D eigenvalue weighted by Gasteiger charge is 2.24. The molecule has 154 valence electrons. The van der Waals surface area contributed by atoms with Gasteiger partial charge in [0.1, 0.15) is 0 Å². The Morgan fingerprint density at radius 2 is 1.90 bits per heavy atom. The predicted octanol–water partition coefficient (Wildman–Crippen LogP) is 3.66. The molecule has 1 aliphatic heterocycles. The maximum absolute atomic E-state index is 13.0. The van der Waals surface area contributed by atoms with Gasteiger partial charge in [-0.3, -0.25) is 14.5 Å². The second-order valence-corrected chi connectivity index (χ2v) is 9.14. The molecule has 30 heavy (non-hydrogen) atoms. The van der Waals surface area contributed by atoms with Gasteiger partial charge >= 0.3 is 0 Å². The molecular formula is C23H23N3O3S. The highest BCUT2D eigenvalue weighted by Crippen LogP contribution is 2.31. The second-order valence-electron chi connectivity index (χ2n) is 7.30. The summed E-state index contributed by atoms with van der Waals surface area (Å²) in [4.78, 5) is 18.7. The summed E-state index contributed by atoms with van der Waals surface area (Å²) in [6.45, 7) is 0.588. The van der Waals surface area contributed by atoms with E-state index in [1.807, 2.05) is 36.4 Å². The van der Waals surface area contributed by atoms with Crippen LogP contribution in [-0.4, -0.2) is 31.6 Å². The van der Waals surface area contributed by atoms with E-state index in [2.05, 4.69) is 9.71 Å². The first kappa shape index (κ1) is 20.1. The van der Waals surface area contributed by atoms with Gasteiger partial charge in [0.15, 0.2) is 0 Å². The van der Waals surface area contributed by atoms with Gasteiger partial charge in [-0.1, -0.05) is 36.4 Å². The smallest absolute Gasteiger partial charge is 0.259 e. The van der Waals surface area contributed by atoms with Gasteiger partial charge in [0.25, 0.3) is 5.91 Å². The number of pyridine rings is 1. The van der Waals surface area contributed by atoms with Crippen molar-refractivity contribution in [1.29, 1.82) is 0 Å². The first-order valence-electron chi connectivity index (χ1n) is 9.91. The first-order chi connectivity index (χ1) is 14.5. The molecule has 1 amide bonds. The maximum Gasteiger partial charge on any atom is 0.259 e. The molecule has 4 rings (SSSR count). The van der Waals surface area contributed by atoms with Gasteiger partial charge in [-0.15, -0.1) is 0 Å². The van der Waals surface area contributed by atoms with Gasteiger partial charge in [-0.05, 0) is 54.7 Å². The average molecular weight is 422 g/mol. The van der Waals surface area contributed by atoms with Crippen LogP contribution in [0, 0.1) is 0 Å². The number of aryl methyl sites for hydroxylation is 2. The predicted molar refractivity (Wildman–Crippen MR) is 118 cm³/mol. The Kier molecular flexibility index (Phi) is 5.81. The lowest BCUT2D eigenvalue weighted by atomic mass is 10.0. The summed E-state index contributed by atoms with van der Waals surface area (Å²) >= 11 is 0. The monoisotopic (exact) mass is 421 g/mol. The van der Waals surface area contributed by atoms with Crippen molar-refractivity contribution in [2.24, 2.45) is 0 Å². The van der Waals surface area contributed by atoms with Crippen LogP contribution >= 0.6 is 0 Å². The van der Waals surface area contributed by atoms with Crippen molar-refractivity contribution in [2.75, 3.05) is 21.9 Å². The fraction of sp³-hybridized carbons (Fsp3) is 0.217. The number of rotatable bonds is 6. The Hall–Kier alpha value is -3.19. The summed E-state index contributed by atoms with van der Waals surface area (Å²) in [7, 11) is -3.51. The SMILES string of the molecule is O=C(c1cccnc1)N1CCCc2ccc(NS(=O)(=O)CCc3ccccc3)cc21. The quantitative estimate of drug-likeness (QED) is 0.659. The topological polar surface area (TPSA) is 79.4 Å². The van der Waals surface area contributed by atoms with Crippen molar-refractivity contribution in [3.8, 4) is 0 Å². The van der Waals surface area contributed by atoms with Crippen LogP contribution < -0.4 is 9.62 Å². The van der Waals surface area contributed by atoms with Gasteiger partial charge in [0.05, 0.1) is 17.0 Å². The molecule has 7 heteroatoms. The molecule has 0 unspecified atom stereocenters. The third-order valence-electron chi connectivity index (χ3n) is 5.13. The number of benzene rings is 2. The number of amides is 1. The Bertz CT molecular complexity index is 1130. The van der Waals surface area contributed by atoms with Crippen molar-refractivity contribution >= 4 is 27.3 Å². The average Bonchev–Trinajstić information content (AvgIpc) is 2.78. The molecule has 1 aliphatic rings. The van der Waals surface area contributed by atoms with E-state index in [1.165, 1.54) is 0 Å². The zero-order chi connectivity index (χ0) is 21.0. The number of sulfonamides is 1.